The van der Waals surface area contributed by atoms with Crippen LogP contribution in [0.3, 0.4) is 0 Å². The van der Waals surface area contributed by atoms with E-state index in [1.807, 2.05) is 6.07 Å². The fourth-order valence-corrected chi connectivity index (χ4v) is 7.69. The highest BCUT2D eigenvalue weighted by Crippen LogP contribution is 2.49. The smallest absolute Gasteiger partial charge is 0.250 e. The van der Waals surface area contributed by atoms with E-state index in [0.29, 0.717) is 5.75 Å². The van der Waals surface area contributed by atoms with E-state index < -0.39 is 8.32 Å². The maximum absolute atomic E-state index is 11.5. The predicted octanol–water partition coefficient (Wildman–Crippen LogP) is 9.79. The fourth-order valence-electron chi connectivity index (χ4n) is 6.56. The van der Waals surface area contributed by atoms with Crippen LogP contribution in [0.15, 0.2) is 30.3 Å². The van der Waals surface area contributed by atoms with E-state index in [1.54, 1.807) is 0 Å². The number of phenols is 1. The Kier molecular flexibility index (Phi) is 7.05. The highest BCUT2D eigenvalue weighted by Gasteiger charge is 2.40. The number of benzene rings is 3. The van der Waals surface area contributed by atoms with Crippen molar-refractivity contribution in [2.24, 2.45) is 0 Å². The second kappa shape index (κ2) is 9.90. The number of fused-ring (bicyclic) bond motifs is 2. The Bertz CT molecular complexity index is 1390. The molecule has 0 fully saturated rings. The summed E-state index contributed by atoms with van der Waals surface area (Å²) in [6, 6.07) is 11.1. The molecule has 3 aromatic rings. The quantitative estimate of drug-likeness (QED) is 0.343. The van der Waals surface area contributed by atoms with Gasteiger partial charge in [-0.1, -0.05) is 45.0 Å². The number of hydrogen-bond acceptors (Lipinski definition) is 2. The molecule has 0 atom stereocenters. The van der Waals surface area contributed by atoms with Gasteiger partial charge in [-0.3, -0.25) is 0 Å². The SMILES string of the molecule is Cc1cc(C)c(-c2ccc3c(c2-c2c(O)ccc4c2CCCC4)CCCC3)c(C)c1O[Si](C)(C)C(C)(C)C. The molecule has 5 rings (SSSR count). The maximum atomic E-state index is 11.5. The topological polar surface area (TPSA) is 29.5 Å². The molecule has 0 aliphatic heterocycles. The van der Waals surface area contributed by atoms with Crippen molar-refractivity contribution in [3.63, 3.8) is 0 Å². The lowest BCUT2D eigenvalue weighted by Crippen LogP contribution is -2.44. The van der Waals surface area contributed by atoms with Gasteiger partial charge in [-0.25, -0.2) is 0 Å². The second-order valence-electron chi connectivity index (χ2n) is 13.3. The molecule has 0 bridgehead atoms. The van der Waals surface area contributed by atoms with E-state index in [0.717, 1.165) is 37.0 Å². The molecule has 2 nitrogen and oxygen atoms in total. The van der Waals surface area contributed by atoms with Crippen LogP contribution in [0.25, 0.3) is 22.3 Å². The third kappa shape index (κ3) is 4.61. The molecule has 2 aliphatic rings. The Hall–Kier alpha value is -2.52. The summed E-state index contributed by atoms with van der Waals surface area (Å²) >= 11 is 0. The molecule has 38 heavy (non-hydrogen) atoms. The van der Waals surface area contributed by atoms with Crippen molar-refractivity contribution in [3.05, 3.63) is 69.3 Å². The highest BCUT2D eigenvalue weighted by atomic mass is 28.4. The minimum Gasteiger partial charge on any atom is -0.543 e. The molecule has 0 saturated carbocycles. The van der Waals surface area contributed by atoms with Crippen molar-refractivity contribution < 1.29 is 9.53 Å². The van der Waals surface area contributed by atoms with Crippen LogP contribution in [-0.2, 0) is 25.7 Å². The van der Waals surface area contributed by atoms with Crippen LogP contribution in [0.1, 0.15) is 85.4 Å². The predicted molar refractivity (Wildman–Crippen MR) is 164 cm³/mol. The second-order valence-corrected chi connectivity index (χ2v) is 18.1. The van der Waals surface area contributed by atoms with E-state index in [1.165, 1.54) is 81.3 Å². The van der Waals surface area contributed by atoms with Crippen LogP contribution in [0.4, 0.5) is 0 Å². The van der Waals surface area contributed by atoms with Crippen LogP contribution in [-0.4, -0.2) is 13.4 Å². The minimum atomic E-state index is -2.02. The van der Waals surface area contributed by atoms with Crippen LogP contribution in [0.5, 0.6) is 11.5 Å². The molecular formula is C35H46O2Si. The molecule has 202 valence electrons. The van der Waals surface area contributed by atoms with Gasteiger partial charge in [0, 0.05) is 5.56 Å². The van der Waals surface area contributed by atoms with Gasteiger partial charge in [-0.15, -0.1) is 0 Å². The van der Waals surface area contributed by atoms with Crippen molar-refractivity contribution >= 4 is 8.32 Å². The summed E-state index contributed by atoms with van der Waals surface area (Å²) in [6.45, 7) is 18.3. The normalized spacial score (nSPS) is 15.7. The van der Waals surface area contributed by atoms with Gasteiger partial charge in [-0.2, -0.15) is 0 Å². The number of rotatable bonds is 4. The minimum absolute atomic E-state index is 0.128. The summed E-state index contributed by atoms with van der Waals surface area (Å²) in [5, 5.41) is 11.6. The van der Waals surface area contributed by atoms with Gasteiger partial charge in [0.05, 0.1) is 0 Å². The molecule has 0 radical (unpaired) electrons. The summed E-state index contributed by atoms with van der Waals surface area (Å²) in [5.74, 6) is 1.49. The van der Waals surface area contributed by atoms with Crippen molar-refractivity contribution in [2.75, 3.05) is 0 Å². The average Bonchev–Trinajstić information content (AvgIpc) is 2.86. The summed E-state index contributed by atoms with van der Waals surface area (Å²) in [6.07, 6.45) is 9.27. The summed E-state index contributed by atoms with van der Waals surface area (Å²) in [7, 11) is -2.02. The zero-order valence-corrected chi connectivity index (χ0v) is 25.9. The molecule has 3 heteroatoms. The zero-order chi connectivity index (χ0) is 27.4. The molecule has 0 saturated heterocycles. The Morgan fingerprint density at radius 3 is 1.87 bits per heavy atom. The van der Waals surface area contributed by atoms with Gasteiger partial charge in [0.25, 0.3) is 8.32 Å². The first kappa shape index (κ1) is 27.1. The van der Waals surface area contributed by atoms with Gasteiger partial charge in [0.15, 0.2) is 0 Å². The third-order valence-electron chi connectivity index (χ3n) is 9.63. The average molecular weight is 527 g/mol. The van der Waals surface area contributed by atoms with Crippen molar-refractivity contribution in [1.29, 1.82) is 0 Å². The lowest BCUT2D eigenvalue weighted by atomic mass is 9.76. The van der Waals surface area contributed by atoms with E-state index >= 15 is 0 Å². The molecule has 0 heterocycles. The zero-order valence-electron chi connectivity index (χ0n) is 24.9. The van der Waals surface area contributed by atoms with E-state index in [2.05, 4.69) is 78.9 Å². The number of aryl methyl sites for hydroxylation is 4. The van der Waals surface area contributed by atoms with Gasteiger partial charge in [0.2, 0.25) is 0 Å². The fraction of sp³-hybridized carbons (Fsp3) is 0.486. The molecule has 0 spiro atoms. The maximum Gasteiger partial charge on any atom is 0.250 e. The monoisotopic (exact) mass is 526 g/mol. The van der Waals surface area contributed by atoms with Crippen LogP contribution in [0, 0.1) is 20.8 Å². The van der Waals surface area contributed by atoms with Gasteiger partial charge in [0.1, 0.15) is 11.5 Å². The summed E-state index contributed by atoms with van der Waals surface area (Å²) in [5.41, 5.74) is 14.4. The highest BCUT2D eigenvalue weighted by molar-refractivity contribution is 6.74. The third-order valence-corrected chi connectivity index (χ3v) is 14.0. The Morgan fingerprint density at radius 2 is 1.26 bits per heavy atom. The van der Waals surface area contributed by atoms with Crippen LogP contribution in [0.2, 0.25) is 18.1 Å². The number of aromatic hydroxyl groups is 1. The van der Waals surface area contributed by atoms with E-state index in [-0.39, 0.29) is 5.04 Å². The lowest BCUT2D eigenvalue weighted by Gasteiger charge is -2.38. The number of phenolic OH excluding ortho intramolecular Hbond substituents is 1. The summed E-state index contributed by atoms with van der Waals surface area (Å²) < 4.78 is 7.01. The van der Waals surface area contributed by atoms with Gasteiger partial charge >= 0.3 is 0 Å². The standard InChI is InChI=1S/C35H46O2Si/c1-22-21-23(2)34(37-38(7,8)35(4,5)6)24(3)31(22)29-19-17-25-13-9-11-15-27(25)32(29)33-28-16-12-10-14-26(28)18-20-30(33)36/h17-21,36H,9-16H2,1-8H3. The van der Waals surface area contributed by atoms with Gasteiger partial charge < -0.3 is 9.53 Å². The van der Waals surface area contributed by atoms with E-state index in [9.17, 15) is 5.11 Å². The first-order valence-electron chi connectivity index (χ1n) is 14.7. The largest absolute Gasteiger partial charge is 0.543 e. The molecule has 2 aliphatic carbocycles. The van der Waals surface area contributed by atoms with Crippen molar-refractivity contribution in [3.8, 4) is 33.8 Å². The molecule has 3 aromatic carbocycles. The summed E-state index contributed by atoms with van der Waals surface area (Å²) in [4.78, 5) is 0. The van der Waals surface area contributed by atoms with Gasteiger partial charge in [-0.05, 0) is 152 Å². The Morgan fingerprint density at radius 1 is 0.711 bits per heavy atom. The van der Waals surface area contributed by atoms with Crippen LogP contribution >= 0.6 is 0 Å². The van der Waals surface area contributed by atoms with Crippen molar-refractivity contribution in [2.45, 2.75) is 111 Å². The first-order chi connectivity index (χ1) is 17.9. The molecule has 0 aromatic heterocycles. The lowest BCUT2D eigenvalue weighted by molar-refractivity contribution is 0.475. The van der Waals surface area contributed by atoms with Crippen molar-refractivity contribution in [1.82, 2.24) is 0 Å². The van der Waals surface area contributed by atoms with E-state index in [4.69, 9.17) is 4.43 Å². The molecule has 1 N–H and O–H groups in total. The first-order valence-corrected chi connectivity index (χ1v) is 17.6. The number of hydrogen-bond donors (Lipinski definition) is 1. The van der Waals surface area contributed by atoms with Crippen LogP contribution < -0.4 is 4.43 Å². The molecular weight excluding hydrogens is 480 g/mol. The molecule has 0 amide bonds. The Labute approximate surface area is 231 Å². The molecule has 0 unspecified atom stereocenters. The Balaban J connectivity index is 1.81.